The summed E-state index contributed by atoms with van der Waals surface area (Å²) in [6.07, 6.45) is 1.72. The molecule has 100 valence electrons. The van der Waals surface area contributed by atoms with E-state index >= 15 is 0 Å². The van der Waals surface area contributed by atoms with E-state index in [0.29, 0.717) is 0 Å². The van der Waals surface area contributed by atoms with Crippen LogP contribution in [0, 0.1) is 0 Å². The molecule has 0 atom stereocenters. The Balaban J connectivity index is 2.24. The number of ether oxygens (including phenoxy) is 1. The number of piperidine rings is 1. The van der Waals surface area contributed by atoms with Crippen LogP contribution in [0.5, 0.6) is 0 Å². The van der Waals surface area contributed by atoms with Crippen LogP contribution in [0.3, 0.4) is 0 Å². The predicted octanol–water partition coefficient (Wildman–Crippen LogP) is 2.37. The van der Waals surface area contributed by atoms with Crippen LogP contribution in [0.4, 0.5) is 4.79 Å². The summed E-state index contributed by atoms with van der Waals surface area (Å²) in [4.78, 5) is 14.0. The standard InChI is InChI=1S/C12H23BrN2O2/c1-12(2,3)17-11(16)14-10-4-7-15(8-5-10)9-6-13/h10H,4-9H2,1-3H3,(H,14,16). The van der Waals surface area contributed by atoms with Gasteiger partial charge in [-0.2, -0.15) is 0 Å². The van der Waals surface area contributed by atoms with Gasteiger partial charge in [0, 0.05) is 31.0 Å². The summed E-state index contributed by atoms with van der Waals surface area (Å²) in [6.45, 7) is 8.82. The highest BCUT2D eigenvalue weighted by Gasteiger charge is 2.23. The van der Waals surface area contributed by atoms with Crippen LogP contribution < -0.4 is 5.32 Å². The Kier molecular flexibility index (Phi) is 5.73. The van der Waals surface area contributed by atoms with Crippen LogP contribution in [0.15, 0.2) is 0 Å². The van der Waals surface area contributed by atoms with Crippen molar-refractivity contribution < 1.29 is 9.53 Å². The van der Waals surface area contributed by atoms with Crippen molar-refractivity contribution in [1.29, 1.82) is 0 Å². The lowest BCUT2D eigenvalue weighted by molar-refractivity contribution is 0.0480. The van der Waals surface area contributed by atoms with Crippen molar-refractivity contribution >= 4 is 22.0 Å². The Labute approximate surface area is 112 Å². The fourth-order valence-electron chi connectivity index (χ4n) is 1.89. The quantitative estimate of drug-likeness (QED) is 0.814. The molecule has 1 aliphatic rings. The van der Waals surface area contributed by atoms with Crippen LogP contribution in [-0.2, 0) is 4.74 Å². The molecule has 1 aliphatic heterocycles. The molecule has 1 heterocycles. The summed E-state index contributed by atoms with van der Waals surface area (Å²) in [7, 11) is 0. The summed E-state index contributed by atoms with van der Waals surface area (Å²) in [5.41, 5.74) is -0.416. The lowest BCUT2D eigenvalue weighted by Crippen LogP contribution is -2.46. The number of hydrogen-bond donors (Lipinski definition) is 1. The van der Waals surface area contributed by atoms with Gasteiger partial charge in [0.1, 0.15) is 5.60 Å². The van der Waals surface area contributed by atoms with Gasteiger partial charge in [0.15, 0.2) is 0 Å². The molecule has 0 spiro atoms. The van der Waals surface area contributed by atoms with Crippen molar-refractivity contribution in [2.75, 3.05) is 25.0 Å². The molecule has 1 saturated heterocycles. The molecule has 1 fully saturated rings. The number of rotatable bonds is 3. The minimum atomic E-state index is -0.416. The average Bonchev–Trinajstić information content (AvgIpc) is 2.18. The summed E-state index contributed by atoms with van der Waals surface area (Å²) in [5.74, 6) is 0. The van der Waals surface area contributed by atoms with Crippen LogP contribution >= 0.6 is 15.9 Å². The van der Waals surface area contributed by atoms with E-state index in [1.54, 1.807) is 0 Å². The molecular formula is C12H23BrN2O2. The fraction of sp³-hybridized carbons (Fsp3) is 0.917. The first-order valence-electron chi connectivity index (χ1n) is 6.18. The van der Waals surface area contributed by atoms with Gasteiger partial charge >= 0.3 is 6.09 Å². The second kappa shape index (κ2) is 6.59. The average molecular weight is 307 g/mol. The SMILES string of the molecule is CC(C)(C)OC(=O)NC1CCN(CCBr)CC1. The third kappa shape index (κ3) is 6.27. The maximum atomic E-state index is 11.6. The molecule has 1 N–H and O–H groups in total. The van der Waals surface area contributed by atoms with Gasteiger partial charge in [0.25, 0.3) is 0 Å². The van der Waals surface area contributed by atoms with Crippen molar-refractivity contribution in [3.8, 4) is 0 Å². The van der Waals surface area contributed by atoms with Crippen molar-refractivity contribution in [3.63, 3.8) is 0 Å². The van der Waals surface area contributed by atoms with E-state index in [1.165, 1.54) is 0 Å². The van der Waals surface area contributed by atoms with Gasteiger partial charge in [-0.15, -0.1) is 0 Å². The zero-order valence-electron chi connectivity index (χ0n) is 11.0. The first-order valence-corrected chi connectivity index (χ1v) is 7.30. The molecule has 1 amide bonds. The number of nitrogens with zero attached hydrogens (tertiary/aromatic N) is 1. The Morgan fingerprint density at radius 1 is 1.41 bits per heavy atom. The molecule has 0 saturated carbocycles. The lowest BCUT2D eigenvalue weighted by Gasteiger charge is -2.32. The topological polar surface area (TPSA) is 41.6 Å². The summed E-state index contributed by atoms with van der Waals surface area (Å²) in [6, 6.07) is 0.261. The smallest absolute Gasteiger partial charge is 0.407 e. The highest BCUT2D eigenvalue weighted by atomic mass is 79.9. The summed E-state index contributed by atoms with van der Waals surface area (Å²) in [5, 5.41) is 3.95. The first-order chi connectivity index (χ1) is 7.90. The maximum absolute atomic E-state index is 11.6. The fourth-order valence-corrected chi connectivity index (χ4v) is 2.40. The largest absolute Gasteiger partial charge is 0.444 e. The van der Waals surface area contributed by atoms with Gasteiger partial charge in [0.05, 0.1) is 0 Å². The third-order valence-electron chi connectivity index (χ3n) is 2.71. The Morgan fingerprint density at radius 2 is 2.00 bits per heavy atom. The molecule has 1 rings (SSSR count). The Morgan fingerprint density at radius 3 is 2.47 bits per heavy atom. The Hall–Kier alpha value is -0.290. The number of carbonyl (C=O) groups is 1. The summed E-state index contributed by atoms with van der Waals surface area (Å²) < 4.78 is 5.24. The van der Waals surface area contributed by atoms with Crippen LogP contribution in [0.1, 0.15) is 33.6 Å². The van der Waals surface area contributed by atoms with Gasteiger partial charge in [-0.3, -0.25) is 0 Å². The molecule has 0 bridgehead atoms. The van der Waals surface area contributed by atoms with E-state index in [1.807, 2.05) is 20.8 Å². The molecule has 0 unspecified atom stereocenters. The number of likely N-dealkylation sites (tertiary alicyclic amines) is 1. The minimum Gasteiger partial charge on any atom is -0.444 e. The minimum absolute atomic E-state index is 0.261. The van der Waals surface area contributed by atoms with Crippen molar-refractivity contribution in [1.82, 2.24) is 10.2 Å². The van der Waals surface area contributed by atoms with Gasteiger partial charge in [0.2, 0.25) is 0 Å². The molecule has 0 radical (unpaired) electrons. The van der Waals surface area contributed by atoms with E-state index in [-0.39, 0.29) is 12.1 Å². The van der Waals surface area contributed by atoms with E-state index in [9.17, 15) is 4.79 Å². The van der Waals surface area contributed by atoms with Crippen LogP contribution in [0.2, 0.25) is 0 Å². The maximum Gasteiger partial charge on any atom is 0.407 e. The van der Waals surface area contributed by atoms with E-state index < -0.39 is 5.60 Å². The van der Waals surface area contributed by atoms with Gasteiger partial charge in [-0.25, -0.2) is 4.79 Å². The van der Waals surface area contributed by atoms with Crippen molar-refractivity contribution in [2.24, 2.45) is 0 Å². The molecule has 0 aromatic heterocycles. The monoisotopic (exact) mass is 306 g/mol. The molecule has 17 heavy (non-hydrogen) atoms. The number of carbonyl (C=O) groups excluding carboxylic acids is 1. The third-order valence-corrected chi connectivity index (χ3v) is 3.06. The second-order valence-corrected chi connectivity index (χ2v) is 6.24. The number of halogens is 1. The van der Waals surface area contributed by atoms with E-state index in [0.717, 1.165) is 37.8 Å². The zero-order chi connectivity index (χ0) is 12.9. The number of alkyl carbamates (subject to hydrolysis) is 1. The number of amides is 1. The highest BCUT2D eigenvalue weighted by molar-refractivity contribution is 9.09. The zero-order valence-corrected chi connectivity index (χ0v) is 12.5. The summed E-state index contributed by atoms with van der Waals surface area (Å²) >= 11 is 3.44. The molecule has 4 nitrogen and oxygen atoms in total. The van der Waals surface area contributed by atoms with Crippen molar-refractivity contribution in [3.05, 3.63) is 0 Å². The lowest BCUT2D eigenvalue weighted by atomic mass is 10.1. The Bertz CT molecular complexity index is 245. The van der Waals surface area contributed by atoms with Gasteiger partial charge in [-0.05, 0) is 33.6 Å². The molecule has 5 heteroatoms. The van der Waals surface area contributed by atoms with Gasteiger partial charge in [-0.1, -0.05) is 15.9 Å². The normalized spacial score (nSPS) is 19.1. The van der Waals surface area contributed by atoms with E-state index in [4.69, 9.17) is 4.74 Å². The van der Waals surface area contributed by atoms with Crippen molar-refractivity contribution in [2.45, 2.75) is 45.3 Å². The number of nitrogens with one attached hydrogen (secondary N) is 1. The van der Waals surface area contributed by atoms with Crippen LogP contribution in [0.25, 0.3) is 0 Å². The highest BCUT2D eigenvalue weighted by Crippen LogP contribution is 2.12. The second-order valence-electron chi connectivity index (χ2n) is 5.45. The molecular weight excluding hydrogens is 284 g/mol. The predicted molar refractivity (Wildman–Crippen MR) is 72.6 cm³/mol. The molecule has 0 aromatic carbocycles. The van der Waals surface area contributed by atoms with E-state index in [2.05, 4.69) is 26.1 Å². The first kappa shape index (κ1) is 14.8. The molecule has 0 aliphatic carbocycles. The number of hydrogen-bond acceptors (Lipinski definition) is 3. The van der Waals surface area contributed by atoms with Crippen LogP contribution in [-0.4, -0.2) is 47.6 Å². The molecule has 0 aromatic rings. The van der Waals surface area contributed by atoms with Gasteiger partial charge < -0.3 is 15.0 Å². The number of alkyl halides is 1.